The van der Waals surface area contributed by atoms with Crippen molar-refractivity contribution in [2.24, 2.45) is 0 Å². The molecule has 0 aliphatic heterocycles. The van der Waals surface area contributed by atoms with Crippen LogP contribution in [-0.4, -0.2) is 15.8 Å². The highest BCUT2D eigenvalue weighted by Crippen LogP contribution is 2.26. The van der Waals surface area contributed by atoms with Crippen molar-refractivity contribution in [1.82, 2.24) is 4.98 Å². The number of hydrogen-bond donors (Lipinski definition) is 1. The number of benzene rings is 1. The molecule has 0 bridgehead atoms. The fourth-order valence-electron chi connectivity index (χ4n) is 1.70. The minimum Gasteiger partial charge on any atom is -0.384 e. The molecule has 1 atom stereocenters. The van der Waals surface area contributed by atoms with Crippen LogP contribution in [0.15, 0.2) is 47.6 Å². The second-order valence-electron chi connectivity index (χ2n) is 3.80. The first-order valence-electron chi connectivity index (χ1n) is 5.72. The maximum Gasteiger partial charge on any atom is 0.147 e. The Kier molecular flexibility index (Phi) is 4.33. The highest BCUT2D eigenvalue weighted by Gasteiger charge is 2.14. The lowest BCUT2D eigenvalue weighted by Gasteiger charge is -2.12. The summed E-state index contributed by atoms with van der Waals surface area (Å²) in [5.41, 5.74) is 0.932. The molecule has 0 fully saturated rings. The third-order valence-corrected chi connectivity index (χ3v) is 3.50. The largest absolute Gasteiger partial charge is 0.384 e. The molecule has 0 aliphatic carbocycles. The second-order valence-corrected chi connectivity index (χ2v) is 5.14. The summed E-state index contributed by atoms with van der Waals surface area (Å²) >= 11 is 1.73. The van der Waals surface area contributed by atoms with Crippen molar-refractivity contribution < 1.29 is 9.50 Å². The number of halogens is 1. The Balaban J connectivity index is 2.23. The Labute approximate surface area is 110 Å². The lowest BCUT2D eigenvalue weighted by molar-refractivity contribution is 0.214. The van der Waals surface area contributed by atoms with Crippen LogP contribution in [0.5, 0.6) is 0 Å². The van der Waals surface area contributed by atoms with E-state index in [2.05, 4.69) is 11.9 Å². The van der Waals surface area contributed by atoms with Gasteiger partial charge in [-0.3, -0.25) is 4.98 Å². The van der Waals surface area contributed by atoms with Gasteiger partial charge >= 0.3 is 0 Å². The van der Waals surface area contributed by atoms with E-state index in [-0.39, 0.29) is 5.56 Å². The number of pyridine rings is 1. The van der Waals surface area contributed by atoms with Crippen molar-refractivity contribution in [1.29, 1.82) is 0 Å². The zero-order chi connectivity index (χ0) is 13.0. The van der Waals surface area contributed by atoms with Gasteiger partial charge in [-0.05, 0) is 29.5 Å². The van der Waals surface area contributed by atoms with Gasteiger partial charge in [0, 0.05) is 16.7 Å². The molecule has 1 aromatic heterocycles. The van der Waals surface area contributed by atoms with Gasteiger partial charge in [0.05, 0.1) is 6.20 Å². The number of thioether (sulfide) groups is 1. The molecule has 0 radical (unpaired) electrons. The summed E-state index contributed by atoms with van der Waals surface area (Å²) in [7, 11) is 0. The molecule has 4 heteroatoms. The molecule has 1 heterocycles. The van der Waals surface area contributed by atoms with Crippen LogP contribution in [0.2, 0.25) is 0 Å². The van der Waals surface area contributed by atoms with Gasteiger partial charge in [-0.2, -0.15) is 0 Å². The number of rotatable bonds is 4. The Morgan fingerprint density at radius 3 is 2.61 bits per heavy atom. The Hall–Kier alpha value is -1.39. The van der Waals surface area contributed by atoms with Gasteiger partial charge in [-0.15, -0.1) is 11.8 Å². The predicted octanol–water partition coefficient (Wildman–Crippen LogP) is 3.41. The third-order valence-electron chi connectivity index (χ3n) is 2.61. The van der Waals surface area contributed by atoms with Gasteiger partial charge in [0.2, 0.25) is 0 Å². The molecule has 2 nitrogen and oxygen atoms in total. The average molecular weight is 263 g/mol. The molecule has 2 rings (SSSR count). The highest BCUT2D eigenvalue weighted by molar-refractivity contribution is 7.99. The van der Waals surface area contributed by atoms with Crippen molar-refractivity contribution in [2.45, 2.75) is 17.9 Å². The zero-order valence-electron chi connectivity index (χ0n) is 10.0. The third kappa shape index (κ3) is 2.89. The number of aliphatic hydroxyl groups is 1. The van der Waals surface area contributed by atoms with Crippen LogP contribution >= 0.6 is 11.8 Å². The molecule has 94 valence electrons. The molecular formula is C14H14FNOS. The molecule has 2 aromatic rings. The van der Waals surface area contributed by atoms with Crippen LogP contribution in [0.4, 0.5) is 4.39 Å². The summed E-state index contributed by atoms with van der Waals surface area (Å²) < 4.78 is 13.5. The molecule has 0 spiro atoms. The fourth-order valence-corrected chi connectivity index (χ4v) is 2.36. The first-order valence-corrected chi connectivity index (χ1v) is 6.71. The summed E-state index contributed by atoms with van der Waals surface area (Å²) in [4.78, 5) is 4.81. The lowest BCUT2D eigenvalue weighted by Crippen LogP contribution is -2.02. The molecule has 1 unspecified atom stereocenters. The fraction of sp³-hybridized carbons (Fsp3) is 0.214. The molecule has 0 saturated carbocycles. The molecule has 1 N–H and O–H groups in total. The van der Waals surface area contributed by atoms with E-state index in [0.29, 0.717) is 5.56 Å². The topological polar surface area (TPSA) is 33.1 Å². The van der Waals surface area contributed by atoms with Crippen LogP contribution < -0.4 is 0 Å². The normalized spacial score (nSPS) is 12.4. The number of aliphatic hydroxyl groups excluding tert-OH is 1. The zero-order valence-corrected chi connectivity index (χ0v) is 10.8. The molecule has 0 amide bonds. The molecule has 0 saturated heterocycles. The molecule has 18 heavy (non-hydrogen) atoms. The minimum absolute atomic E-state index is 0.251. The maximum atomic E-state index is 13.5. The van der Waals surface area contributed by atoms with Gasteiger partial charge < -0.3 is 5.11 Å². The Morgan fingerprint density at radius 2 is 2.00 bits per heavy atom. The van der Waals surface area contributed by atoms with Crippen molar-refractivity contribution in [2.75, 3.05) is 5.75 Å². The first-order chi connectivity index (χ1) is 8.72. The van der Waals surface area contributed by atoms with E-state index >= 15 is 0 Å². The smallest absolute Gasteiger partial charge is 0.147 e. The van der Waals surface area contributed by atoms with Crippen molar-refractivity contribution in [3.63, 3.8) is 0 Å². The van der Waals surface area contributed by atoms with E-state index in [1.165, 1.54) is 12.3 Å². The molecule has 1 aromatic carbocycles. The van der Waals surface area contributed by atoms with Crippen LogP contribution in [0.25, 0.3) is 0 Å². The van der Waals surface area contributed by atoms with Crippen LogP contribution in [0.1, 0.15) is 24.2 Å². The SMILES string of the molecule is CCSc1ccc(C(O)c2ccncc2F)cc1. The van der Waals surface area contributed by atoms with E-state index in [9.17, 15) is 9.50 Å². The highest BCUT2D eigenvalue weighted by atomic mass is 32.2. The van der Waals surface area contributed by atoms with Crippen LogP contribution in [0.3, 0.4) is 0 Å². The summed E-state index contributed by atoms with van der Waals surface area (Å²) in [5.74, 6) is 0.512. The number of hydrogen-bond acceptors (Lipinski definition) is 3. The monoisotopic (exact) mass is 263 g/mol. The predicted molar refractivity (Wildman–Crippen MR) is 71.1 cm³/mol. The van der Waals surface area contributed by atoms with Crippen LogP contribution in [-0.2, 0) is 0 Å². The quantitative estimate of drug-likeness (QED) is 0.858. The van der Waals surface area contributed by atoms with Crippen molar-refractivity contribution in [3.8, 4) is 0 Å². The van der Waals surface area contributed by atoms with E-state index < -0.39 is 11.9 Å². The van der Waals surface area contributed by atoms with Crippen LogP contribution in [0, 0.1) is 5.82 Å². The van der Waals surface area contributed by atoms with E-state index in [4.69, 9.17) is 0 Å². The number of nitrogens with zero attached hydrogens (tertiary/aromatic N) is 1. The van der Waals surface area contributed by atoms with Gasteiger partial charge in [-0.25, -0.2) is 4.39 Å². The first kappa shape index (κ1) is 13.1. The maximum absolute atomic E-state index is 13.5. The molecular weight excluding hydrogens is 249 g/mol. The van der Waals surface area contributed by atoms with Gasteiger partial charge in [0.25, 0.3) is 0 Å². The lowest BCUT2D eigenvalue weighted by atomic mass is 10.0. The summed E-state index contributed by atoms with van der Waals surface area (Å²) in [6.07, 6.45) is 1.64. The minimum atomic E-state index is -0.950. The van der Waals surface area contributed by atoms with Gasteiger partial charge in [0.15, 0.2) is 0 Å². The Morgan fingerprint density at radius 1 is 1.28 bits per heavy atom. The summed E-state index contributed by atoms with van der Waals surface area (Å²) in [6, 6.07) is 9.01. The van der Waals surface area contributed by atoms with Gasteiger partial charge in [0.1, 0.15) is 11.9 Å². The van der Waals surface area contributed by atoms with Crippen molar-refractivity contribution >= 4 is 11.8 Å². The Bertz CT molecular complexity index is 515. The van der Waals surface area contributed by atoms with E-state index in [0.717, 1.165) is 16.8 Å². The summed E-state index contributed by atoms with van der Waals surface area (Å²) in [5, 5.41) is 10.1. The summed E-state index contributed by atoms with van der Waals surface area (Å²) in [6.45, 7) is 2.08. The van der Waals surface area contributed by atoms with E-state index in [1.54, 1.807) is 11.8 Å². The molecule has 0 aliphatic rings. The van der Waals surface area contributed by atoms with E-state index in [1.807, 2.05) is 24.3 Å². The number of aromatic nitrogens is 1. The standard InChI is InChI=1S/C14H14FNOS/c1-2-18-11-5-3-10(4-6-11)14(17)12-7-8-16-9-13(12)15/h3-9,14,17H,2H2,1H3. The average Bonchev–Trinajstić information content (AvgIpc) is 2.40. The van der Waals surface area contributed by atoms with Gasteiger partial charge in [-0.1, -0.05) is 19.1 Å². The van der Waals surface area contributed by atoms with Crippen molar-refractivity contribution in [3.05, 3.63) is 59.7 Å². The second kappa shape index (κ2) is 5.98.